The zero-order valence-corrected chi connectivity index (χ0v) is 12.7. The van der Waals surface area contributed by atoms with E-state index in [1.807, 2.05) is 0 Å². The fourth-order valence-electron chi connectivity index (χ4n) is 2.86. The molecule has 112 valence electrons. The zero-order chi connectivity index (χ0) is 14.2. The molecule has 1 aliphatic rings. The van der Waals surface area contributed by atoms with Crippen molar-refractivity contribution in [3.8, 4) is 0 Å². The van der Waals surface area contributed by atoms with Crippen LogP contribution in [0.3, 0.4) is 0 Å². The highest BCUT2D eigenvalue weighted by molar-refractivity contribution is 5.26. The molecular formula is C17H27NO2. The van der Waals surface area contributed by atoms with Crippen LogP contribution in [0.1, 0.15) is 36.3 Å². The molecule has 20 heavy (non-hydrogen) atoms. The average molecular weight is 277 g/mol. The summed E-state index contributed by atoms with van der Waals surface area (Å²) in [5, 5.41) is 3.50. The van der Waals surface area contributed by atoms with Crippen LogP contribution in [0.25, 0.3) is 0 Å². The van der Waals surface area contributed by atoms with E-state index in [1.54, 1.807) is 7.11 Å². The van der Waals surface area contributed by atoms with Crippen LogP contribution in [0, 0.1) is 6.92 Å². The number of aryl methyl sites for hydroxylation is 1. The standard InChI is InChI=1S/C17H27NO2/c1-14-5-3-6-15(11-14)16(13-18-8-10-19-2)12-17-7-4-9-20-17/h3,5-6,11,16-18H,4,7-10,12-13H2,1-2H3. The largest absolute Gasteiger partial charge is 0.383 e. The van der Waals surface area contributed by atoms with Crippen molar-refractivity contribution in [1.29, 1.82) is 0 Å². The SMILES string of the molecule is COCCNCC(CC1CCCO1)c1cccc(C)c1. The number of benzene rings is 1. The van der Waals surface area contributed by atoms with E-state index in [1.165, 1.54) is 24.0 Å². The van der Waals surface area contributed by atoms with Crippen molar-refractivity contribution in [3.05, 3.63) is 35.4 Å². The molecule has 0 spiro atoms. The van der Waals surface area contributed by atoms with Gasteiger partial charge in [0, 0.05) is 26.8 Å². The highest BCUT2D eigenvalue weighted by atomic mass is 16.5. The molecule has 0 bridgehead atoms. The second-order valence-corrected chi connectivity index (χ2v) is 5.68. The van der Waals surface area contributed by atoms with Crippen LogP contribution < -0.4 is 5.32 Å². The van der Waals surface area contributed by atoms with Crippen LogP contribution in [0.2, 0.25) is 0 Å². The summed E-state index contributed by atoms with van der Waals surface area (Å²) in [6.07, 6.45) is 3.97. The van der Waals surface area contributed by atoms with Gasteiger partial charge in [-0.3, -0.25) is 0 Å². The maximum Gasteiger partial charge on any atom is 0.0587 e. The third kappa shape index (κ3) is 4.89. The van der Waals surface area contributed by atoms with E-state index in [-0.39, 0.29) is 0 Å². The van der Waals surface area contributed by atoms with Gasteiger partial charge < -0.3 is 14.8 Å². The molecule has 3 heteroatoms. The molecule has 1 heterocycles. The smallest absolute Gasteiger partial charge is 0.0587 e. The van der Waals surface area contributed by atoms with Crippen molar-refractivity contribution in [1.82, 2.24) is 5.32 Å². The minimum absolute atomic E-state index is 0.435. The summed E-state index contributed by atoms with van der Waals surface area (Å²) in [6.45, 7) is 5.75. The minimum Gasteiger partial charge on any atom is -0.383 e. The number of nitrogens with one attached hydrogen (secondary N) is 1. The molecule has 0 aromatic heterocycles. The molecule has 2 unspecified atom stereocenters. The molecule has 0 saturated carbocycles. The van der Waals surface area contributed by atoms with Crippen LogP contribution in [0.5, 0.6) is 0 Å². The topological polar surface area (TPSA) is 30.5 Å². The Labute approximate surface area is 122 Å². The highest BCUT2D eigenvalue weighted by Crippen LogP contribution is 2.27. The number of ether oxygens (including phenoxy) is 2. The van der Waals surface area contributed by atoms with Crippen molar-refractivity contribution in [2.75, 3.05) is 33.4 Å². The monoisotopic (exact) mass is 277 g/mol. The van der Waals surface area contributed by atoms with Crippen LogP contribution in [-0.4, -0.2) is 39.5 Å². The normalized spacial score (nSPS) is 20.2. The molecule has 1 aromatic carbocycles. The van der Waals surface area contributed by atoms with Gasteiger partial charge in [-0.05, 0) is 37.7 Å². The quantitative estimate of drug-likeness (QED) is 0.741. The Bertz CT molecular complexity index is 388. The van der Waals surface area contributed by atoms with Crippen molar-refractivity contribution in [3.63, 3.8) is 0 Å². The number of methoxy groups -OCH3 is 1. The summed E-state index contributed by atoms with van der Waals surface area (Å²) in [6, 6.07) is 8.86. The van der Waals surface area contributed by atoms with Gasteiger partial charge >= 0.3 is 0 Å². The lowest BCUT2D eigenvalue weighted by atomic mass is 9.91. The second-order valence-electron chi connectivity index (χ2n) is 5.68. The molecule has 1 N–H and O–H groups in total. The summed E-state index contributed by atoms with van der Waals surface area (Å²) in [5.41, 5.74) is 2.75. The number of hydrogen-bond acceptors (Lipinski definition) is 3. The second kappa shape index (κ2) is 8.40. The first-order valence-electron chi connectivity index (χ1n) is 7.67. The summed E-state index contributed by atoms with van der Waals surface area (Å²) >= 11 is 0. The van der Waals surface area contributed by atoms with Gasteiger partial charge in [0.25, 0.3) is 0 Å². The minimum atomic E-state index is 0.435. The van der Waals surface area contributed by atoms with Gasteiger partial charge in [0.1, 0.15) is 0 Å². The van der Waals surface area contributed by atoms with E-state index < -0.39 is 0 Å². The highest BCUT2D eigenvalue weighted by Gasteiger charge is 2.21. The maximum absolute atomic E-state index is 5.81. The first-order valence-corrected chi connectivity index (χ1v) is 7.67. The van der Waals surface area contributed by atoms with Crippen molar-refractivity contribution in [2.24, 2.45) is 0 Å². The van der Waals surface area contributed by atoms with Crippen LogP contribution in [0.4, 0.5) is 0 Å². The molecule has 2 atom stereocenters. The van der Waals surface area contributed by atoms with Crippen LogP contribution in [-0.2, 0) is 9.47 Å². The van der Waals surface area contributed by atoms with Crippen LogP contribution in [0.15, 0.2) is 24.3 Å². The first kappa shape index (κ1) is 15.5. The van der Waals surface area contributed by atoms with E-state index in [2.05, 4.69) is 36.5 Å². The first-order chi connectivity index (χ1) is 9.79. The molecule has 1 aliphatic heterocycles. The Hall–Kier alpha value is -0.900. The summed E-state index contributed by atoms with van der Waals surface area (Å²) < 4.78 is 10.9. The summed E-state index contributed by atoms with van der Waals surface area (Å²) in [7, 11) is 1.74. The Morgan fingerprint density at radius 3 is 3.05 bits per heavy atom. The van der Waals surface area contributed by atoms with Crippen molar-refractivity contribution in [2.45, 2.75) is 38.2 Å². The van der Waals surface area contributed by atoms with E-state index >= 15 is 0 Å². The lowest BCUT2D eigenvalue weighted by molar-refractivity contribution is 0.0974. The molecule has 0 amide bonds. The fraction of sp³-hybridized carbons (Fsp3) is 0.647. The summed E-state index contributed by atoms with van der Waals surface area (Å²) in [4.78, 5) is 0. The molecule has 0 radical (unpaired) electrons. The van der Waals surface area contributed by atoms with Crippen molar-refractivity contribution >= 4 is 0 Å². The molecule has 0 aliphatic carbocycles. The lowest BCUT2D eigenvalue weighted by Gasteiger charge is -2.22. The Morgan fingerprint density at radius 1 is 1.45 bits per heavy atom. The number of rotatable bonds is 8. The summed E-state index contributed by atoms with van der Waals surface area (Å²) in [5.74, 6) is 0.523. The molecule has 2 rings (SSSR count). The van der Waals surface area contributed by atoms with E-state index in [4.69, 9.17) is 9.47 Å². The predicted molar refractivity (Wildman–Crippen MR) is 82.3 cm³/mol. The van der Waals surface area contributed by atoms with E-state index in [0.717, 1.165) is 32.7 Å². The van der Waals surface area contributed by atoms with Gasteiger partial charge in [0.05, 0.1) is 12.7 Å². The Kier molecular flexibility index (Phi) is 6.51. The fourth-order valence-corrected chi connectivity index (χ4v) is 2.86. The molecule has 1 aromatic rings. The van der Waals surface area contributed by atoms with Crippen LogP contribution >= 0.6 is 0 Å². The predicted octanol–water partition coefficient (Wildman–Crippen LogP) is 2.88. The lowest BCUT2D eigenvalue weighted by Crippen LogP contribution is -2.27. The van der Waals surface area contributed by atoms with E-state index in [9.17, 15) is 0 Å². The Balaban J connectivity index is 1.94. The third-order valence-electron chi connectivity index (χ3n) is 3.96. The Morgan fingerprint density at radius 2 is 2.35 bits per heavy atom. The third-order valence-corrected chi connectivity index (χ3v) is 3.96. The average Bonchev–Trinajstić information content (AvgIpc) is 2.95. The number of hydrogen-bond donors (Lipinski definition) is 1. The van der Waals surface area contributed by atoms with Gasteiger partial charge in [-0.2, -0.15) is 0 Å². The molecule has 1 saturated heterocycles. The van der Waals surface area contributed by atoms with Gasteiger partial charge in [0.2, 0.25) is 0 Å². The van der Waals surface area contributed by atoms with E-state index in [0.29, 0.717) is 12.0 Å². The van der Waals surface area contributed by atoms with Gasteiger partial charge in [-0.15, -0.1) is 0 Å². The zero-order valence-electron chi connectivity index (χ0n) is 12.7. The molecule has 3 nitrogen and oxygen atoms in total. The van der Waals surface area contributed by atoms with Gasteiger partial charge in [0.15, 0.2) is 0 Å². The van der Waals surface area contributed by atoms with Gasteiger partial charge in [-0.25, -0.2) is 0 Å². The maximum atomic E-state index is 5.81. The van der Waals surface area contributed by atoms with Crippen molar-refractivity contribution < 1.29 is 9.47 Å². The molecular weight excluding hydrogens is 250 g/mol. The molecule has 1 fully saturated rings. The van der Waals surface area contributed by atoms with Gasteiger partial charge in [-0.1, -0.05) is 29.8 Å².